The Bertz CT molecular complexity index is 1040. The molecule has 26 heavy (non-hydrogen) atoms. The SMILES string of the molecule is O=C(Cn1nc(-c2cccnc2)n(C2CC2)c1=O)c1ccc(Cl)cc1Cl. The first-order valence-corrected chi connectivity index (χ1v) is 8.88. The number of carbonyl (C=O) groups is 1. The molecule has 1 aromatic carbocycles. The zero-order valence-electron chi connectivity index (χ0n) is 13.6. The minimum Gasteiger partial charge on any atom is -0.292 e. The minimum atomic E-state index is -0.301. The lowest BCUT2D eigenvalue weighted by Gasteiger charge is -2.03. The Morgan fingerprint density at radius 3 is 2.69 bits per heavy atom. The summed E-state index contributed by atoms with van der Waals surface area (Å²) >= 11 is 12.0. The number of aromatic nitrogens is 4. The molecule has 132 valence electrons. The van der Waals surface area contributed by atoms with Gasteiger partial charge >= 0.3 is 5.69 Å². The molecule has 0 unspecified atom stereocenters. The van der Waals surface area contributed by atoms with E-state index >= 15 is 0 Å². The number of halogens is 2. The molecule has 2 aromatic heterocycles. The second-order valence-electron chi connectivity index (χ2n) is 6.15. The number of nitrogens with zero attached hydrogens (tertiary/aromatic N) is 4. The maximum atomic E-state index is 12.8. The number of ketones is 1. The average Bonchev–Trinajstić information content (AvgIpc) is 3.41. The largest absolute Gasteiger partial charge is 0.346 e. The van der Waals surface area contributed by atoms with E-state index in [1.807, 2.05) is 6.07 Å². The molecule has 0 saturated heterocycles. The molecule has 8 heteroatoms. The Labute approximate surface area is 159 Å². The quantitative estimate of drug-likeness (QED) is 0.625. The maximum absolute atomic E-state index is 12.8. The molecule has 0 radical (unpaired) electrons. The summed E-state index contributed by atoms with van der Waals surface area (Å²) < 4.78 is 2.84. The van der Waals surface area contributed by atoms with Crippen molar-refractivity contribution >= 4 is 29.0 Å². The van der Waals surface area contributed by atoms with Crippen LogP contribution in [0, 0.1) is 0 Å². The van der Waals surface area contributed by atoms with E-state index < -0.39 is 0 Å². The predicted molar refractivity (Wildman–Crippen MR) is 98.8 cm³/mol. The van der Waals surface area contributed by atoms with Crippen LogP contribution in [0.2, 0.25) is 10.0 Å². The summed E-state index contributed by atoms with van der Waals surface area (Å²) in [6.45, 7) is -0.187. The molecule has 1 saturated carbocycles. The van der Waals surface area contributed by atoms with E-state index in [0.29, 0.717) is 16.4 Å². The van der Waals surface area contributed by atoms with E-state index in [1.165, 1.54) is 10.7 Å². The first kappa shape index (κ1) is 17.0. The van der Waals surface area contributed by atoms with Crippen molar-refractivity contribution < 1.29 is 4.79 Å². The number of Topliss-reactive ketones (excluding diaryl/α,β-unsaturated/α-hetero) is 1. The van der Waals surface area contributed by atoms with Gasteiger partial charge in [-0.1, -0.05) is 23.2 Å². The number of benzene rings is 1. The fourth-order valence-corrected chi connectivity index (χ4v) is 3.33. The van der Waals surface area contributed by atoms with Crippen LogP contribution in [0.5, 0.6) is 0 Å². The number of carbonyl (C=O) groups excluding carboxylic acids is 1. The lowest BCUT2D eigenvalue weighted by molar-refractivity contribution is 0.0966. The molecule has 4 rings (SSSR count). The van der Waals surface area contributed by atoms with Crippen LogP contribution in [0.3, 0.4) is 0 Å². The third kappa shape index (κ3) is 3.18. The summed E-state index contributed by atoms with van der Waals surface area (Å²) in [5.74, 6) is 0.229. The Hall–Kier alpha value is -2.44. The van der Waals surface area contributed by atoms with Crippen LogP contribution in [-0.4, -0.2) is 25.1 Å². The van der Waals surface area contributed by atoms with Gasteiger partial charge in [-0.3, -0.25) is 14.3 Å². The first-order valence-electron chi connectivity index (χ1n) is 8.12. The zero-order valence-corrected chi connectivity index (χ0v) is 15.1. The summed E-state index contributed by atoms with van der Waals surface area (Å²) in [4.78, 5) is 29.5. The number of rotatable bonds is 5. The molecule has 0 amide bonds. The van der Waals surface area contributed by atoms with Crippen LogP contribution >= 0.6 is 23.2 Å². The highest BCUT2D eigenvalue weighted by Crippen LogP contribution is 2.36. The van der Waals surface area contributed by atoms with Crippen molar-refractivity contribution in [2.45, 2.75) is 25.4 Å². The lowest BCUT2D eigenvalue weighted by atomic mass is 10.1. The van der Waals surface area contributed by atoms with E-state index in [0.717, 1.165) is 18.4 Å². The number of hydrogen-bond donors (Lipinski definition) is 0. The third-order valence-electron chi connectivity index (χ3n) is 4.23. The predicted octanol–water partition coefficient (Wildman–Crippen LogP) is 3.63. The van der Waals surface area contributed by atoms with Gasteiger partial charge in [0.2, 0.25) is 0 Å². The molecular weight excluding hydrogens is 375 g/mol. The summed E-state index contributed by atoms with van der Waals surface area (Å²) in [6.07, 6.45) is 5.17. The van der Waals surface area contributed by atoms with Crippen molar-refractivity contribution in [1.82, 2.24) is 19.3 Å². The minimum absolute atomic E-state index is 0.126. The zero-order chi connectivity index (χ0) is 18.3. The molecule has 0 spiro atoms. The fraction of sp³-hybridized carbons (Fsp3) is 0.222. The van der Waals surface area contributed by atoms with Crippen LogP contribution in [0.1, 0.15) is 29.2 Å². The highest BCUT2D eigenvalue weighted by atomic mass is 35.5. The Morgan fingerprint density at radius 2 is 2.04 bits per heavy atom. The maximum Gasteiger partial charge on any atom is 0.346 e. The molecule has 0 aliphatic heterocycles. The standard InChI is InChI=1S/C18H14Cl2N4O2/c19-12-3-6-14(15(20)8-12)16(25)10-23-18(26)24(13-4-5-13)17(22-23)11-2-1-7-21-9-11/h1-3,6-9,13H,4-5,10H2. The molecule has 2 heterocycles. The summed E-state index contributed by atoms with van der Waals surface area (Å²) in [7, 11) is 0. The van der Waals surface area contributed by atoms with Crippen LogP contribution < -0.4 is 5.69 Å². The van der Waals surface area contributed by atoms with Gasteiger partial charge < -0.3 is 0 Å². The topological polar surface area (TPSA) is 69.8 Å². The Morgan fingerprint density at radius 1 is 1.23 bits per heavy atom. The summed E-state index contributed by atoms with van der Waals surface area (Å²) in [5.41, 5.74) is 0.754. The van der Waals surface area contributed by atoms with E-state index in [4.69, 9.17) is 23.2 Å². The van der Waals surface area contributed by atoms with Crippen molar-refractivity contribution in [3.05, 3.63) is 68.8 Å². The van der Waals surface area contributed by atoms with Crippen molar-refractivity contribution in [2.75, 3.05) is 0 Å². The monoisotopic (exact) mass is 388 g/mol. The normalized spacial score (nSPS) is 13.8. The van der Waals surface area contributed by atoms with Gasteiger partial charge in [0, 0.05) is 34.6 Å². The summed E-state index contributed by atoms with van der Waals surface area (Å²) in [6, 6.07) is 8.40. The smallest absolute Gasteiger partial charge is 0.292 e. The molecule has 1 aliphatic rings. The fourth-order valence-electron chi connectivity index (χ4n) is 2.81. The van der Waals surface area contributed by atoms with Crippen LogP contribution in [0.4, 0.5) is 0 Å². The molecule has 1 fully saturated rings. The molecule has 6 nitrogen and oxygen atoms in total. The highest BCUT2D eigenvalue weighted by molar-refractivity contribution is 6.36. The second-order valence-corrected chi connectivity index (χ2v) is 7.00. The van der Waals surface area contributed by atoms with Crippen molar-refractivity contribution in [1.29, 1.82) is 0 Å². The number of hydrogen-bond acceptors (Lipinski definition) is 4. The van der Waals surface area contributed by atoms with Crippen LogP contribution in [0.25, 0.3) is 11.4 Å². The van der Waals surface area contributed by atoms with E-state index in [-0.39, 0.29) is 29.1 Å². The van der Waals surface area contributed by atoms with Gasteiger partial charge in [0.15, 0.2) is 11.6 Å². The molecule has 1 aliphatic carbocycles. The Kier molecular flexibility index (Phi) is 4.38. The molecular formula is C18H14Cl2N4O2. The third-order valence-corrected chi connectivity index (χ3v) is 4.77. The van der Waals surface area contributed by atoms with Gasteiger partial charge in [-0.15, -0.1) is 5.10 Å². The second kappa shape index (κ2) is 6.70. The molecule has 0 bridgehead atoms. The van der Waals surface area contributed by atoms with Gasteiger partial charge in [0.1, 0.15) is 6.54 Å². The lowest BCUT2D eigenvalue weighted by Crippen LogP contribution is -2.27. The van der Waals surface area contributed by atoms with Crippen molar-refractivity contribution in [3.8, 4) is 11.4 Å². The van der Waals surface area contributed by atoms with Gasteiger partial charge in [0.25, 0.3) is 0 Å². The average molecular weight is 389 g/mol. The van der Waals surface area contributed by atoms with Gasteiger partial charge in [-0.05, 0) is 43.2 Å². The van der Waals surface area contributed by atoms with Crippen LogP contribution in [-0.2, 0) is 6.54 Å². The van der Waals surface area contributed by atoms with Gasteiger partial charge in [-0.25, -0.2) is 9.48 Å². The van der Waals surface area contributed by atoms with Gasteiger partial charge in [0.05, 0.1) is 5.02 Å². The van der Waals surface area contributed by atoms with Gasteiger partial charge in [-0.2, -0.15) is 0 Å². The summed E-state index contributed by atoms with van der Waals surface area (Å²) in [5, 5.41) is 5.09. The molecule has 0 atom stereocenters. The van der Waals surface area contributed by atoms with E-state index in [2.05, 4.69) is 10.1 Å². The Balaban J connectivity index is 1.71. The van der Waals surface area contributed by atoms with E-state index in [1.54, 1.807) is 35.2 Å². The molecule has 3 aromatic rings. The molecule has 0 N–H and O–H groups in total. The van der Waals surface area contributed by atoms with Crippen molar-refractivity contribution in [3.63, 3.8) is 0 Å². The highest BCUT2D eigenvalue weighted by Gasteiger charge is 2.31. The van der Waals surface area contributed by atoms with Crippen molar-refractivity contribution in [2.24, 2.45) is 0 Å². The first-order chi connectivity index (χ1) is 12.5. The van der Waals surface area contributed by atoms with E-state index in [9.17, 15) is 9.59 Å². The van der Waals surface area contributed by atoms with Crippen LogP contribution in [0.15, 0.2) is 47.5 Å². The number of pyridine rings is 1.